The highest BCUT2D eigenvalue weighted by Gasteiger charge is 2.27. The van der Waals surface area contributed by atoms with Crippen LogP contribution in [0, 0.1) is 0 Å². The fourth-order valence-corrected chi connectivity index (χ4v) is 7.34. The van der Waals surface area contributed by atoms with Gasteiger partial charge in [0.25, 0.3) is 0 Å². The fraction of sp³-hybridized carbons (Fsp3) is 0.558. The number of carbonyl (C=O) groups is 1. The molecule has 2 aromatic heterocycles. The number of nitrogens with two attached hydrogens (primary N) is 1. The zero-order valence-corrected chi connectivity index (χ0v) is 35.3. The number of pyridine rings is 2. The molecule has 0 bridgehead atoms. The normalized spacial score (nSPS) is 17.1. The summed E-state index contributed by atoms with van der Waals surface area (Å²) in [6.07, 6.45) is 3.33. The van der Waals surface area contributed by atoms with Crippen molar-refractivity contribution < 1.29 is 28.5 Å². The number of hydrogen-bond acceptors (Lipinski definition) is 13. The highest BCUT2D eigenvalue weighted by atomic mass is 35.5. The van der Waals surface area contributed by atoms with E-state index in [2.05, 4.69) is 60.9 Å². The average Bonchev–Trinajstić information content (AvgIpc) is 3.17. The molecule has 2 aromatic carbocycles. The van der Waals surface area contributed by atoms with Gasteiger partial charge in [0, 0.05) is 124 Å². The van der Waals surface area contributed by atoms with E-state index in [9.17, 15) is 4.79 Å². The van der Waals surface area contributed by atoms with E-state index in [0.717, 1.165) is 85.6 Å². The first kappa shape index (κ1) is 49.6. The molecule has 0 aliphatic carbocycles. The van der Waals surface area contributed by atoms with E-state index < -0.39 is 5.60 Å². The lowest BCUT2D eigenvalue weighted by molar-refractivity contribution is 0.0517. The molecule has 14 nitrogen and oxygen atoms in total. The molecule has 4 heterocycles. The molecule has 0 spiro atoms. The van der Waals surface area contributed by atoms with Gasteiger partial charge in [-0.1, -0.05) is 14.9 Å². The minimum atomic E-state index is -0.483. The summed E-state index contributed by atoms with van der Waals surface area (Å²) in [6.45, 7) is 18.8. The molecule has 2 atom stereocenters. The third-order valence-electron chi connectivity index (χ3n) is 10.1. The first-order valence-corrected chi connectivity index (χ1v) is 19.1. The van der Waals surface area contributed by atoms with Gasteiger partial charge in [0.05, 0.1) is 39.5 Å². The molecule has 0 radical (unpaired) electrons. The number of methoxy groups -OCH3 is 4. The van der Waals surface area contributed by atoms with Gasteiger partial charge in [-0.25, -0.2) is 4.79 Å². The molecule has 0 saturated carbocycles. The Labute approximate surface area is 352 Å². The van der Waals surface area contributed by atoms with Gasteiger partial charge in [-0.2, -0.15) is 0 Å². The number of alkyl carbamates (subject to hydrolysis) is 1. The van der Waals surface area contributed by atoms with Crippen molar-refractivity contribution in [1.82, 2.24) is 25.1 Å². The lowest BCUT2D eigenvalue weighted by atomic mass is 10.1. The van der Waals surface area contributed by atoms with Crippen molar-refractivity contribution in [3.63, 3.8) is 0 Å². The number of halogens is 1. The Kier molecular flexibility index (Phi) is 19.3. The highest BCUT2D eigenvalue weighted by Crippen LogP contribution is 2.37. The second-order valence-corrected chi connectivity index (χ2v) is 15.0. The predicted molar refractivity (Wildman–Crippen MR) is 240 cm³/mol. The van der Waals surface area contributed by atoms with Crippen LogP contribution in [0.4, 0.5) is 16.2 Å². The van der Waals surface area contributed by atoms with Crippen molar-refractivity contribution in [2.24, 2.45) is 5.73 Å². The summed E-state index contributed by atoms with van der Waals surface area (Å²) < 4.78 is 27.1. The number of benzene rings is 2. The van der Waals surface area contributed by atoms with Crippen molar-refractivity contribution >= 4 is 51.7 Å². The predicted octanol–water partition coefficient (Wildman–Crippen LogP) is 6.70. The average molecular weight is 830 g/mol. The largest absolute Gasteiger partial charge is 0.493 e. The summed E-state index contributed by atoms with van der Waals surface area (Å²) in [5, 5.41) is 4.99. The van der Waals surface area contributed by atoms with Gasteiger partial charge in [0.15, 0.2) is 23.0 Å². The van der Waals surface area contributed by atoms with Gasteiger partial charge in [-0.05, 0) is 58.9 Å². The first-order valence-electron chi connectivity index (χ1n) is 19.1. The maximum atomic E-state index is 11.9. The molecule has 15 heteroatoms. The molecule has 2 saturated heterocycles. The Morgan fingerprint density at radius 1 is 0.724 bits per heavy atom. The molecule has 4 aromatic rings. The van der Waals surface area contributed by atoms with Crippen LogP contribution in [0.5, 0.6) is 23.0 Å². The Bertz CT molecular complexity index is 1900. The molecule has 324 valence electrons. The molecule has 1 amide bonds. The summed E-state index contributed by atoms with van der Waals surface area (Å²) in [4.78, 5) is 30.5. The van der Waals surface area contributed by atoms with E-state index in [1.807, 2.05) is 57.4 Å². The first-order chi connectivity index (χ1) is 26.4. The van der Waals surface area contributed by atoms with Crippen molar-refractivity contribution in [3.8, 4) is 23.0 Å². The van der Waals surface area contributed by atoms with Crippen LogP contribution in [0.3, 0.4) is 0 Å². The number of amides is 1. The smallest absolute Gasteiger partial charge is 0.407 e. The zero-order valence-electron chi connectivity index (χ0n) is 34.5. The summed E-state index contributed by atoms with van der Waals surface area (Å²) in [5.74, 6) is 2.81. The molecular weight excluding hydrogens is 760 g/mol. The molecule has 2 aliphatic heterocycles. The minimum absolute atomic E-state index is 0. The molecule has 3 N–H and O–H groups in total. The summed E-state index contributed by atoms with van der Waals surface area (Å²) in [7, 11) is 6.58. The van der Waals surface area contributed by atoms with E-state index in [-0.39, 0.29) is 33.4 Å². The maximum Gasteiger partial charge on any atom is 0.407 e. The SMILES string of the molecule is C.C.COc1cc2nccc(N3CCN(CCN)[C@H](C)C3)c2cc1OC.COc1cc2nccc(N3CCN(CCNC(=O)OC(C)(C)C)[C@H](C)C3)c2cc1OC.Cl. The van der Waals surface area contributed by atoms with Crippen LogP contribution < -0.4 is 39.8 Å². The van der Waals surface area contributed by atoms with Crippen molar-refractivity contribution in [1.29, 1.82) is 0 Å². The van der Waals surface area contributed by atoms with Crippen molar-refractivity contribution in [2.75, 3.05) is 104 Å². The van der Waals surface area contributed by atoms with Crippen LogP contribution in [0.2, 0.25) is 0 Å². The molecule has 2 fully saturated rings. The molecule has 0 unspecified atom stereocenters. The number of piperazine rings is 2. The monoisotopic (exact) mass is 829 g/mol. The van der Waals surface area contributed by atoms with Crippen LogP contribution in [-0.4, -0.2) is 137 Å². The number of aromatic nitrogens is 2. The third kappa shape index (κ3) is 12.3. The molecule has 58 heavy (non-hydrogen) atoms. The summed E-state index contributed by atoms with van der Waals surface area (Å²) >= 11 is 0. The lowest BCUT2D eigenvalue weighted by Crippen LogP contribution is -2.53. The lowest BCUT2D eigenvalue weighted by Gasteiger charge is -2.41. The van der Waals surface area contributed by atoms with E-state index in [1.54, 1.807) is 28.4 Å². The highest BCUT2D eigenvalue weighted by molar-refractivity contribution is 5.95. The van der Waals surface area contributed by atoms with Crippen LogP contribution in [0.1, 0.15) is 49.5 Å². The number of carbonyl (C=O) groups excluding carboxylic acids is 1. The van der Waals surface area contributed by atoms with Crippen LogP contribution in [0.15, 0.2) is 48.8 Å². The minimum Gasteiger partial charge on any atom is -0.493 e. The van der Waals surface area contributed by atoms with Gasteiger partial charge in [-0.3, -0.25) is 19.8 Å². The van der Waals surface area contributed by atoms with E-state index in [0.29, 0.717) is 42.4 Å². The number of nitrogens with one attached hydrogen (secondary N) is 1. The second-order valence-electron chi connectivity index (χ2n) is 15.0. The van der Waals surface area contributed by atoms with Crippen LogP contribution >= 0.6 is 12.4 Å². The van der Waals surface area contributed by atoms with Gasteiger partial charge in [0.1, 0.15) is 5.60 Å². The number of rotatable bonds is 11. The van der Waals surface area contributed by atoms with Gasteiger partial charge in [-0.15, -0.1) is 12.4 Å². The Balaban J connectivity index is 0.000000391. The fourth-order valence-electron chi connectivity index (χ4n) is 7.34. The summed E-state index contributed by atoms with van der Waals surface area (Å²) in [6, 6.07) is 12.8. The van der Waals surface area contributed by atoms with Crippen molar-refractivity contribution in [3.05, 3.63) is 48.8 Å². The zero-order chi connectivity index (χ0) is 39.7. The number of nitrogens with zero attached hydrogens (tertiary/aromatic N) is 6. The number of hydrogen-bond donors (Lipinski definition) is 2. The van der Waals surface area contributed by atoms with E-state index in [1.165, 1.54) is 5.69 Å². The third-order valence-corrected chi connectivity index (χ3v) is 10.1. The van der Waals surface area contributed by atoms with Crippen molar-refractivity contribution in [2.45, 2.75) is 67.2 Å². The Hall–Kier alpha value is -4.50. The Morgan fingerprint density at radius 3 is 1.52 bits per heavy atom. The van der Waals surface area contributed by atoms with Gasteiger partial charge >= 0.3 is 6.09 Å². The number of ether oxygens (including phenoxy) is 5. The quantitative estimate of drug-likeness (QED) is 0.166. The standard InChI is InChI=1S/C23H34N4O4.C18H26N4O2.2CH4.ClH/c1-16-15-27(12-11-26(16)10-9-25-22(28)31-23(2,3)4)19-7-8-24-18-14-21(30-6)20(29-5)13-17(18)19;1-13-12-22(9-8-21(13)7-5-19)16-4-6-20-15-11-18(24-3)17(23-2)10-14(15)16;;;/h7-8,13-14,16H,9-12,15H2,1-6H3,(H,25,28);4,6,10-11,13H,5,7-9,12,19H2,1-3H3;2*1H4;1H/t16-;13-;;;/m11.../s1. The van der Waals surface area contributed by atoms with Gasteiger partial charge in [0.2, 0.25) is 0 Å². The van der Waals surface area contributed by atoms with Crippen LogP contribution in [-0.2, 0) is 4.74 Å². The molecule has 6 rings (SSSR count). The Morgan fingerprint density at radius 2 is 1.14 bits per heavy atom. The summed E-state index contributed by atoms with van der Waals surface area (Å²) in [5.41, 5.74) is 9.37. The van der Waals surface area contributed by atoms with E-state index in [4.69, 9.17) is 29.4 Å². The topological polar surface area (TPSA) is 140 Å². The van der Waals surface area contributed by atoms with Gasteiger partial charge < -0.3 is 44.5 Å². The van der Waals surface area contributed by atoms with E-state index >= 15 is 0 Å². The number of fused-ring (bicyclic) bond motifs is 2. The molecular formula is C43H69ClN8O6. The molecule has 2 aliphatic rings. The van der Waals surface area contributed by atoms with Crippen LogP contribution in [0.25, 0.3) is 21.8 Å². The second kappa shape index (κ2) is 22.6. The maximum absolute atomic E-state index is 11.9. The number of anilines is 2.